The zero-order valence-corrected chi connectivity index (χ0v) is 20.0. The summed E-state index contributed by atoms with van der Waals surface area (Å²) in [6.07, 6.45) is 1.30. The number of nitriles is 1. The lowest BCUT2D eigenvalue weighted by molar-refractivity contribution is 0.409. The molecule has 1 fully saturated rings. The van der Waals surface area contributed by atoms with Crippen molar-refractivity contribution in [2.45, 2.75) is 62.5 Å². The fourth-order valence-electron chi connectivity index (χ4n) is 3.06. The van der Waals surface area contributed by atoms with Gasteiger partial charge in [0.05, 0.1) is 6.07 Å². The zero-order chi connectivity index (χ0) is 21.4. The van der Waals surface area contributed by atoms with Crippen LogP contribution in [0.5, 0.6) is 0 Å². The number of pyridine rings is 1. The summed E-state index contributed by atoms with van der Waals surface area (Å²) in [5, 5.41) is 9.76. The first kappa shape index (κ1) is 23.9. The van der Waals surface area contributed by atoms with Gasteiger partial charge in [0.15, 0.2) is 0 Å². The largest absolute Gasteiger partial charge is 0.598 e. The molecule has 158 valence electrons. The van der Waals surface area contributed by atoms with E-state index in [0.29, 0.717) is 17.6 Å². The second kappa shape index (κ2) is 8.38. The summed E-state index contributed by atoms with van der Waals surface area (Å²) in [6, 6.07) is 5.02. The minimum atomic E-state index is -2.69. The van der Waals surface area contributed by atoms with Gasteiger partial charge in [0, 0.05) is 23.7 Å². The highest BCUT2D eigenvalue weighted by Crippen LogP contribution is 2.59. The van der Waals surface area contributed by atoms with Crippen molar-refractivity contribution in [1.29, 1.82) is 5.26 Å². The van der Waals surface area contributed by atoms with Crippen molar-refractivity contribution in [3.63, 3.8) is 0 Å². The number of hydrogen-bond acceptors (Lipinski definition) is 6. The molecule has 1 aromatic rings. The highest BCUT2D eigenvalue weighted by atomic mass is 79.9. The third kappa shape index (κ3) is 4.83. The number of nitrogens with zero attached hydrogens (tertiary/aromatic N) is 2. The minimum Gasteiger partial charge on any atom is -0.598 e. The average molecular weight is 495 g/mol. The summed E-state index contributed by atoms with van der Waals surface area (Å²) in [7, 11) is -2.69. The number of hydrogen-bond donors (Lipinski definition) is 3. The lowest BCUT2D eigenvalue weighted by Gasteiger charge is -2.52. The van der Waals surface area contributed by atoms with Crippen LogP contribution >= 0.6 is 26.4 Å². The van der Waals surface area contributed by atoms with Crippen LogP contribution in [0.15, 0.2) is 16.7 Å². The van der Waals surface area contributed by atoms with Crippen LogP contribution in [-0.2, 0) is 16.9 Å². The Balaban J connectivity index is 2.55. The lowest BCUT2D eigenvalue weighted by Crippen LogP contribution is -2.57. The van der Waals surface area contributed by atoms with Crippen molar-refractivity contribution >= 4 is 37.8 Å². The molecule has 1 saturated heterocycles. The maximum Gasteiger partial charge on any atom is 0.146 e. The van der Waals surface area contributed by atoms with Crippen molar-refractivity contribution in [3.8, 4) is 6.07 Å². The fourth-order valence-corrected chi connectivity index (χ4v) is 7.25. The molecule has 0 amide bonds. The van der Waals surface area contributed by atoms with Crippen LogP contribution in [-0.4, -0.2) is 35.9 Å². The van der Waals surface area contributed by atoms with Crippen molar-refractivity contribution < 1.29 is 13.5 Å². The summed E-state index contributed by atoms with van der Waals surface area (Å²) in [5.74, 6) is -0.576. The Morgan fingerprint density at radius 1 is 1.50 bits per heavy atom. The first-order valence-corrected chi connectivity index (χ1v) is 12.7. The fraction of sp³-hybridized carbons (Fsp3) is 0.667. The van der Waals surface area contributed by atoms with Gasteiger partial charge in [-0.05, 0) is 75.5 Å². The molecule has 0 aliphatic carbocycles. The Kier molecular flexibility index (Phi) is 7.14. The predicted octanol–water partition coefficient (Wildman–Crippen LogP) is 4.11. The molecule has 1 aliphatic heterocycles. The van der Waals surface area contributed by atoms with E-state index in [0.717, 1.165) is 6.42 Å². The van der Waals surface area contributed by atoms with E-state index < -0.39 is 42.7 Å². The van der Waals surface area contributed by atoms with Crippen LogP contribution in [0.25, 0.3) is 0 Å². The van der Waals surface area contributed by atoms with Crippen molar-refractivity contribution in [2.24, 2.45) is 0 Å². The molecule has 0 bridgehead atoms. The molecule has 0 aromatic carbocycles. The molecular formula is C18H28BrFN4O2S2. The number of aromatic nitrogens is 1. The third-order valence-corrected chi connectivity index (χ3v) is 10.5. The van der Waals surface area contributed by atoms with Crippen LogP contribution in [0.1, 0.15) is 53.2 Å². The van der Waals surface area contributed by atoms with E-state index in [9.17, 15) is 18.8 Å². The Bertz CT molecular complexity index is 775. The van der Waals surface area contributed by atoms with Crippen LogP contribution in [0.4, 0.5) is 4.39 Å². The lowest BCUT2D eigenvalue weighted by atomic mass is 10.0. The third-order valence-electron chi connectivity index (χ3n) is 4.86. The Hall–Kier alpha value is -0.410. The van der Waals surface area contributed by atoms with Gasteiger partial charge < -0.3 is 9.11 Å². The van der Waals surface area contributed by atoms with Gasteiger partial charge in [-0.1, -0.05) is 10.5 Å². The molecule has 3 N–H and O–H groups in total. The second-order valence-electron chi connectivity index (χ2n) is 8.47. The molecule has 1 aliphatic rings. The van der Waals surface area contributed by atoms with Crippen LogP contribution in [0.2, 0.25) is 0 Å². The molecule has 0 spiro atoms. The molecule has 0 unspecified atom stereocenters. The normalized spacial score (nSPS) is 29.0. The Morgan fingerprint density at radius 3 is 2.71 bits per heavy atom. The van der Waals surface area contributed by atoms with Gasteiger partial charge in [0.2, 0.25) is 0 Å². The molecule has 4 atom stereocenters. The smallest absolute Gasteiger partial charge is 0.146 e. The van der Waals surface area contributed by atoms with E-state index in [-0.39, 0.29) is 11.4 Å². The first-order valence-electron chi connectivity index (χ1n) is 8.97. The number of halogens is 2. The molecule has 0 radical (unpaired) electrons. The van der Waals surface area contributed by atoms with Gasteiger partial charge in [-0.2, -0.15) is 5.26 Å². The number of rotatable bonds is 5. The van der Waals surface area contributed by atoms with E-state index >= 15 is 0 Å². The van der Waals surface area contributed by atoms with Crippen molar-refractivity contribution in [3.05, 3.63) is 28.2 Å². The molecule has 10 heteroatoms. The van der Waals surface area contributed by atoms with Crippen LogP contribution in [0.3, 0.4) is 0 Å². The maximum atomic E-state index is 14.8. The Morgan fingerprint density at radius 2 is 2.14 bits per heavy atom. The van der Waals surface area contributed by atoms with Crippen molar-refractivity contribution in [1.82, 2.24) is 14.4 Å². The molecule has 1 aromatic heterocycles. The molecule has 6 nitrogen and oxygen atoms in total. The van der Waals surface area contributed by atoms with Gasteiger partial charge in [-0.25, -0.2) is 9.37 Å². The SMILES string of the molecule is CC(C)(C)[S@@+]([O-])N[C@@](C)(C[S@]1(O)NCCC[C@]1(C)C#N)c1nc(Br)ccc1F. The van der Waals surface area contributed by atoms with Gasteiger partial charge >= 0.3 is 0 Å². The van der Waals surface area contributed by atoms with Gasteiger partial charge in [-0.3, -0.25) is 4.72 Å². The van der Waals surface area contributed by atoms with E-state index in [1.54, 1.807) is 34.6 Å². The molecule has 2 rings (SSSR count). The summed E-state index contributed by atoms with van der Waals surface area (Å²) in [5.41, 5.74) is -1.22. The predicted molar refractivity (Wildman–Crippen MR) is 117 cm³/mol. The summed E-state index contributed by atoms with van der Waals surface area (Å²) in [6.45, 7) is 9.38. The topological polar surface area (TPSA) is 104 Å². The van der Waals surface area contributed by atoms with E-state index in [1.807, 2.05) is 0 Å². The van der Waals surface area contributed by atoms with Crippen LogP contribution in [0, 0.1) is 17.1 Å². The second-order valence-corrected chi connectivity index (χ2v) is 14.1. The monoisotopic (exact) mass is 494 g/mol. The first-order chi connectivity index (χ1) is 12.8. The zero-order valence-electron chi connectivity index (χ0n) is 16.8. The molecule has 2 heterocycles. The van der Waals surface area contributed by atoms with Crippen LogP contribution < -0.4 is 9.44 Å². The molecular weight excluding hydrogens is 467 g/mol. The quantitative estimate of drug-likeness (QED) is 0.420. The highest BCUT2D eigenvalue weighted by molar-refractivity contribution is 9.10. The van der Waals surface area contributed by atoms with E-state index in [4.69, 9.17) is 0 Å². The molecule has 28 heavy (non-hydrogen) atoms. The van der Waals surface area contributed by atoms with E-state index in [2.05, 4.69) is 36.4 Å². The van der Waals surface area contributed by atoms with Gasteiger partial charge in [0.25, 0.3) is 0 Å². The van der Waals surface area contributed by atoms with Gasteiger partial charge in [-0.15, -0.1) is 4.72 Å². The Labute approximate surface area is 179 Å². The average Bonchev–Trinajstić information content (AvgIpc) is 2.58. The highest BCUT2D eigenvalue weighted by Gasteiger charge is 2.52. The van der Waals surface area contributed by atoms with Crippen molar-refractivity contribution in [2.75, 3.05) is 12.3 Å². The maximum absolute atomic E-state index is 14.8. The number of nitrogens with one attached hydrogen (secondary N) is 2. The van der Waals surface area contributed by atoms with Gasteiger partial charge in [0.1, 0.15) is 31.1 Å². The minimum absolute atomic E-state index is 0.00769. The molecule has 0 saturated carbocycles. The summed E-state index contributed by atoms with van der Waals surface area (Å²) < 4.78 is 44.2. The van der Waals surface area contributed by atoms with E-state index in [1.165, 1.54) is 12.1 Å². The summed E-state index contributed by atoms with van der Waals surface area (Å²) in [4.78, 5) is 4.29. The standard InChI is InChI=1S/C18H28BrFN4O2S2/c1-16(2,3)27(25)24-18(5,15-13(20)7-8-14(19)23-15)12-28(26)17(4,11-21)9-6-10-22-28/h7-8,22,24,26H,6,9-10,12H2,1-5H3/t17-,18+,27-/m1/s1. The summed E-state index contributed by atoms with van der Waals surface area (Å²) >= 11 is 1.71.